The van der Waals surface area contributed by atoms with E-state index in [1.54, 1.807) is 6.08 Å². The maximum Gasteiger partial charge on any atom is 0.0722 e. The smallest absolute Gasteiger partial charge is 0.0722 e. The standard InChI is InChI=1S/C49H49N3/c1-9-13-15-19-31-51(41-27-29-47-45(33-41)35(5)22-18-20-30-50(47)40(12-4)23-14-10-2)52-48-25-17-16-24-43(48)46-32-36(6)44(34-49(46)52)42-28-26-39(21-11-3)37(7)38(42)8/h9-17,19-21,23-34H,1,4-5,18,22H2,2-3,6-8H3/b14-10-,15-13-,21-11-,30-20-,31-19-,40-23+. The molecular weight excluding hydrogens is 631 g/mol. The highest BCUT2D eigenvalue weighted by molar-refractivity contribution is 6.10. The van der Waals surface area contributed by atoms with Crippen molar-refractivity contribution in [2.75, 3.05) is 9.91 Å². The van der Waals surface area contributed by atoms with Crippen LogP contribution in [0.1, 0.15) is 54.5 Å². The van der Waals surface area contributed by atoms with Crippen LogP contribution >= 0.6 is 0 Å². The highest BCUT2D eigenvalue weighted by Crippen LogP contribution is 2.41. The van der Waals surface area contributed by atoms with Crippen molar-refractivity contribution in [3.05, 3.63) is 193 Å². The summed E-state index contributed by atoms with van der Waals surface area (Å²) in [6.45, 7) is 23.4. The fourth-order valence-corrected chi connectivity index (χ4v) is 7.14. The number of aryl methyl sites for hydroxylation is 1. The van der Waals surface area contributed by atoms with Crippen LogP contribution in [0.5, 0.6) is 0 Å². The second-order valence-electron chi connectivity index (χ2n) is 13.2. The Morgan fingerprint density at radius 1 is 0.769 bits per heavy atom. The van der Waals surface area contributed by atoms with Crippen LogP contribution in [-0.2, 0) is 0 Å². The zero-order chi connectivity index (χ0) is 36.8. The van der Waals surface area contributed by atoms with Crippen molar-refractivity contribution in [3.8, 4) is 11.1 Å². The summed E-state index contributed by atoms with van der Waals surface area (Å²) >= 11 is 0. The zero-order valence-electron chi connectivity index (χ0n) is 31.2. The number of nitrogens with zero attached hydrogens (tertiary/aromatic N) is 3. The molecule has 4 aromatic carbocycles. The molecule has 0 unspecified atom stereocenters. The second-order valence-corrected chi connectivity index (χ2v) is 13.2. The molecule has 0 atom stereocenters. The third-order valence-electron chi connectivity index (χ3n) is 9.96. The molecule has 0 saturated carbocycles. The fourth-order valence-electron chi connectivity index (χ4n) is 7.14. The Morgan fingerprint density at radius 3 is 2.37 bits per heavy atom. The van der Waals surface area contributed by atoms with E-state index in [9.17, 15) is 0 Å². The van der Waals surface area contributed by atoms with Gasteiger partial charge in [-0.3, -0.25) is 5.01 Å². The van der Waals surface area contributed by atoms with Crippen LogP contribution < -0.4 is 9.91 Å². The van der Waals surface area contributed by atoms with Crippen molar-refractivity contribution in [2.24, 2.45) is 0 Å². The van der Waals surface area contributed by atoms with Gasteiger partial charge in [0, 0.05) is 34.4 Å². The van der Waals surface area contributed by atoms with Gasteiger partial charge in [0.05, 0.1) is 22.4 Å². The van der Waals surface area contributed by atoms with Crippen molar-refractivity contribution in [2.45, 2.75) is 47.5 Å². The van der Waals surface area contributed by atoms with Gasteiger partial charge in [-0.1, -0.05) is 98.7 Å². The van der Waals surface area contributed by atoms with Gasteiger partial charge < -0.3 is 4.90 Å². The molecule has 0 radical (unpaired) electrons. The number of benzene rings is 4. The summed E-state index contributed by atoms with van der Waals surface area (Å²) < 4.78 is 2.36. The minimum Gasteiger partial charge on any atom is -0.317 e. The molecular formula is C49H49N3. The summed E-state index contributed by atoms with van der Waals surface area (Å²) in [5.74, 6) is 0. The monoisotopic (exact) mass is 679 g/mol. The molecule has 2 heterocycles. The van der Waals surface area contributed by atoms with Gasteiger partial charge in [0.25, 0.3) is 0 Å². The summed E-state index contributed by atoms with van der Waals surface area (Å²) in [6.07, 6.45) is 28.5. The lowest BCUT2D eigenvalue weighted by molar-refractivity contribution is 0.877. The van der Waals surface area contributed by atoms with Crippen LogP contribution in [0, 0.1) is 20.8 Å². The Morgan fingerprint density at radius 2 is 1.60 bits per heavy atom. The summed E-state index contributed by atoms with van der Waals surface area (Å²) in [6, 6.07) is 24.7. The lowest BCUT2D eigenvalue weighted by Gasteiger charge is -2.30. The van der Waals surface area contributed by atoms with Crippen molar-refractivity contribution >= 4 is 44.8 Å². The maximum absolute atomic E-state index is 4.59. The average Bonchev–Trinajstić information content (AvgIpc) is 3.46. The largest absolute Gasteiger partial charge is 0.317 e. The van der Waals surface area contributed by atoms with Crippen LogP contribution in [0.2, 0.25) is 0 Å². The second kappa shape index (κ2) is 15.9. The molecule has 0 spiro atoms. The lowest BCUT2D eigenvalue weighted by Crippen LogP contribution is -2.24. The van der Waals surface area contributed by atoms with Crippen molar-refractivity contribution in [1.82, 2.24) is 4.68 Å². The van der Waals surface area contributed by atoms with Crippen LogP contribution in [0.3, 0.4) is 0 Å². The minimum atomic E-state index is 0.879. The molecule has 1 aliphatic rings. The van der Waals surface area contributed by atoms with Gasteiger partial charge >= 0.3 is 0 Å². The van der Waals surface area contributed by atoms with E-state index in [-0.39, 0.29) is 0 Å². The summed E-state index contributed by atoms with van der Waals surface area (Å²) in [7, 11) is 0. The van der Waals surface area contributed by atoms with Gasteiger partial charge in [-0.05, 0) is 141 Å². The number of aromatic nitrogens is 1. The van der Waals surface area contributed by atoms with Gasteiger partial charge in [-0.2, -0.15) is 0 Å². The van der Waals surface area contributed by atoms with Crippen LogP contribution in [0.4, 0.5) is 11.4 Å². The molecule has 0 amide bonds. The van der Waals surface area contributed by atoms with Crippen LogP contribution in [0.15, 0.2) is 165 Å². The molecule has 0 N–H and O–H groups in total. The van der Waals surface area contributed by atoms with Gasteiger partial charge in [0.2, 0.25) is 0 Å². The Hall–Kier alpha value is -6.06. The summed E-state index contributed by atoms with van der Waals surface area (Å²) in [5.41, 5.74) is 15.2. The molecule has 1 aliphatic heterocycles. The number of rotatable bonds is 10. The number of fused-ring (bicyclic) bond motifs is 4. The molecule has 52 heavy (non-hydrogen) atoms. The van der Waals surface area contributed by atoms with E-state index in [0.717, 1.165) is 52.1 Å². The number of hydrogen-bond donors (Lipinski definition) is 0. The molecule has 3 nitrogen and oxygen atoms in total. The topological polar surface area (TPSA) is 11.4 Å². The van der Waals surface area contributed by atoms with Crippen LogP contribution in [0.25, 0.3) is 44.6 Å². The van der Waals surface area contributed by atoms with Gasteiger partial charge in [-0.25, -0.2) is 4.68 Å². The van der Waals surface area contributed by atoms with E-state index >= 15 is 0 Å². The Labute approximate surface area is 310 Å². The third kappa shape index (κ3) is 6.83. The third-order valence-corrected chi connectivity index (χ3v) is 9.96. The molecule has 0 fully saturated rings. The Balaban J connectivity index is 1.63. The lowest BCUT2D eigenvalue weighted by atomic mass is 9.90. The first-order chi connectivity index (χ1) is 25.3. The molecule has 0 aliphatic carbocycles. The molecule has 1 aromatic heterocycles. The SMILES string of the molecule is C=C/C=C\C=C/N(c1ccc2c(c1)C(=C)CC/C=C\N2/C(C=C)=C/C=C\C)n1c2ccccc2c2cc(C)c(-c3ccc(/C=C\C)c(C)c3C)cc21. The first-order valence-corrected chi connectivity index (χ1v) is 18.1. The first-order valence-electron chi connectivity index (χ1n) is 18.1. The molecule has 3 heteroatoms. The number of hydrogen-bond acceptors (Lipinski definition) is 2. The minimum absolute atomic E-state index is 0.879. The normalized spacial score (nSPS) is 14.6. The van der Waals surface area contributed by atoms with E-state index in [4.69, 9.17) is 0 Å². The van der Waals surface area contributed by atoms with E-state index in [1.807, 2.05) is 37.3 Å². The Bertz CT molecular complexity index is 2370. The van der Waals surface area contributed by atoms with Crippen molar-refractivity contribution in [1.29, 1.82) is 0 Å². The number of allylic oxidation sites excluding steroid dienone is 11. The molecule has 5 aromatic rings. The van der Waals surface area contributed by atoms with Gasteiger partial charge in [0.1, 0.15) is 0 Å². The van der Waals surface area contributed by atoms with Crippen LogP contribution in [-0.4, -0.2) is 4.68 Å². The van der Waals surface area contributed by atoms with Gasteiger partial charge in [-0.15, -0.1) is 0 Å². The quantitative estimate of drug-likeness (QED) is 0.136. The highest BCUT2D eigenvalue weighted by atomic mass is 15.5. The summed E-state index contributed by atoms with van der Waals surface area (Å²) in [4.78, 5) is 2.21. The van der Waals surface area contributed by atoms with Crippen molar-refractivity contribution < 1.29 is 0 Å². The van der Waals surface area contributed by atoms with E-state index in [1.165, 1.54) is 44.2 Å². The molecule has 0 saturated heterocycles. The fraction of sp³-hybridized carbons (Fsp3) is 0.143. The predicted molar refractivity (Wildman–Crippen MR) is 230 cm³/mol. The highest BCUT2D eigenvalue weighted by Gasteiger charge is 2.22. The van der Waals surface area contributed by atoms with E-state index < -0.39 is 0 Å². The predicted octanol–water partition coefficient (Wildman–Crippen LogP) is 13.7. The summed E-state index contributed by atoms with van der Waals surface area (Å²) in [5, 5.41) is 4.69. The number of para-hydroxylation sites is 1. The van der Waals surface area contributed by atoms with Gasteiger partial charge in [0.15, 0.2) is 0 Å². The molecule has 6 rings (SSSR count). The van der Waals surface area contributed by atoms with Crippen molar-refractivity contribution in [3.63, 3.8) is 0 Å². The maximum atomic E-state index is 4.59. The average molecular weight is 680 g/mol. The Kier molecular flexibility index (Phi) is 10.9. The van der Waals surface area contributed by atoms with E-state index in [2.05, 4.69) is 172 Å². The van der Waals surface area contributed by atoms with E-state index in [0.29, 0.717) is 0 Å². The molecule has 260 valence electrons. The molecule has 0 bridgehead atoms. The zero-order valence-corrected chi connectivity index (χ0v) is 31.2. The number of anilines is 2. The first kappa shape index (κ1) is 35.8.